The summed E-state index contributed by atoms with van der Waals surface area (Å²) >= 11 is 0. The van der Waals surface area contributed by atoms with E-state index in [0.29, 0.717) is 19.6 Å². The first-order valence-electron chi connectivity index (χ1n) is 11.4. The van der Waals surface area contributed by atoms with Crippen LogP contribution in [-0.2, 0) is 9.53 Å². The Kier molecular flexibility index (Phi) is 8.28. The molecule has 3 rings (SSSR count). The number of hydrazone groups is 1. The summed E-state index contributed by atoms with van der Waals surface area (Å²) in [7, 11) is 3.19. The second-order valence-electron chi connectivity index (χ2n) is 9.24. The van der Waals surface area contributed by atoms with Crippen LogP contribution in [-0.4, -0.2) is 67.0 Å². The van der Waals surface area contributed by atoms with Crippen LogP contribution >= 0.6 is 0 Å². The summed E-state index contributed by atoms with van der Waals surface area (Å²) in [6, 6.07) is 16.9. The van der Waals surface area contributed by atoms with Gasteiger partial charge in [-0.2, -0.15) is 5.10 Å². The number of amides is 3. The van der Waals surface area contributed by atoms with Gasteiger partial charge in [0.25, 0.3) is 5.91 Å². The normalized spacial score (nSPS) is 15.6. The van der Waals surface area contributed by atoms with Crippen molar-refractivity contribution >= 4 is 17.6 Å². The first-order valence-corrected chi connectivity index (χ1v) is 11.4. The number of nitrogens with zero attached hydrogens (tertiary/aromatic N) is 3. The van der Waals surface area contributed by atoms with E-state index in [2.05, 4.69) is 5.32 Å². The molecule has 1 unspecified atom stereocenters. The lowest BCUT2D eigenvalue weighted by Crippen LogP contribution is -2.52. The van der Waals surface area contributed by atoms with Gasteiger partial charge in [0.05, 0.1) is 25.5 Å². The number of hydrogen-bond acceptors (Lipinski definition) is 5. The van der Waals surface area contributed by atoms with Gasteiger partial charge in [0.1, 0.15) is 12.3 Å². The fraction of sp³-hybridized carbons (Fsp3) is 0.423. The second-order valence-corrected chi connectivity index (χ2v) is 9.24. The summed E-state index contributed by atoms with van der Waals surface area (Å²) in [6.07, 6.45) is 0.578. The van der Waals surface area contributed by atoms with E-state index >= 15 is 0 Å². The highest BCUT2D eigenvalue weighted by molar-refractivity contribution is 6.03. The Morgan fingerprint density at radius 3 is 2.35 bits per heavy atom. The van der Waals surface area contributed by atoms with Crippen LogP contribution in [0.3, 0.4) is 0 Å². The molecule has 0 radical (unpaired) electrons. The monoisotopic (exact) mass is 466 g/mol. The highest BCUT2D eigenvalue weighted by Crippen LogP contribution is 2.33. The van der Waals surface area contributed by atoms with Crippen LogP contribution in [0.5, 0.6) is 5.75 Å². The van der Waals surface area contributed by atoms with Crippen molar-refractivity contribution in [1.29, 1.82) is 0 Å². The van der Waals surface area contributed by atoms with Gasteiger partial charge in [-0.15, -0.1) is 0 Å². The Morgan fingerprint density at radius 2 is 1.76 bits per heavy atom. The van der Waals surface area contributed by atoms with Crippen molar-refractivity contribution < 1.29 is 19.1 Å². The highest BCUT2D eigenvalue weighted by atomic mass is 16.5. The van der Waals surface area contributed by atoms with Gasteiger partial charge in [-0.1, -0.05) is 30.3 Å². The van der Waals surface area contributed by atoms with Crippen molar-refractivity contribution in [1.82, 2.24) is 15.2 Å². The average Bonchev–Trinajstić information content (AvgIpc) is 3.27. The van der Waals surface area contributed by atoms with E-state index in [1.807, 2.05) is 75.4 Å². The molecule has 0 aromatic heterocycles. The lowest BCUT2D eigenvalue weighted by Gasteiger charge is -2.30. The van der Waals surface area contributed by atoms with E-state index in [4.69, 9.17) is 14.6 Å². The molecule has 0 spiro atoms. The topological polar surface area (TPSA) is 83.5 Å². The van der Waals surface area contributed by atoms with Crippen LogP contribution in [0.25, 0.3) is 0 Å². The van der Waals surface area contributed by atoms with E-state index in [1.165, 1.54) is 9.91 Å². The van der Waals surface area contributed by atoms with Crippen LogP contribution in [0, 0.1) is 0 Å². The zero-order valence-electron chi connectivity index (χ0n) is 20.6. The lowest BCUT2D eigenvalue weighted by molar-refractivity contribution is -0.133. The molecule has 8 heteroatoms. The summed E-state index contributed by atoms with van der Waals surface area (Å²) in [4.78, 5) is 27.8. The van der Waals surface area contributed by atoms with E-state index < -0.39 is 5.54 Å². The zero-order valence-corrected chi connectivity index (χ0v) is 20.6. The summed E-state index contributed by atoms with van der Waals surface area (Å²) in [5.74, 6) is 0.506. The van der Waals surface area contributed by atoms with Gasteiger partial charge in [-0.05, 0) is 56.2 Å². The Hall–Kier alpha value is -3.39. The standard InChI is InChI=1S/C26H34N4O4/c1-26(2,3)27-25(32)29(15-16-33-4)18-24(31)30-23(20-9-7-6-8-10-20)17-22(28-30)19-11-13-21(34-5)14-12-19/h6-14,23H,15-18H2,1-5H3,(H,27,32). The molecule has 1 aliphatic rings. The first kappa shape index (κ1) is 25.2. The van der Waals surface area contributed by atoms with Gasteiger partial charge >= 0.3 is 6.03 Å². The molecule has 34 heavy (non-hydrogen) atoms. The molecule has 2 aromatic carbocycles. The number of nitrogens with one attached hydrogen (secondary N) is 1. The van der Waals surface area contributed by atoms with Crippen molar-refractivity contribution in [2.45, 2.75) is 38.8 Å². The maximum absolute atomic E-state index is 13.5. The second kappa shape index (κ2) is 11.2. The SMILES string of the molecule is COCCN(CC(=O)N1N=C(c2ccc(OC)cc2)CC1c1ccccc1)C(=O)NC(C)(C)C. The van der Waals surface area contributed by atoms with E-state index in [0.717, 1.165) is 22.6 Å². The maximum atomic E-state index is 13.5. The van der Waals surface area contributed by atoms with Crippen molar-refractivity contribution in [2.24, 2.45) is 5.10 Å². The molecule has 1 N–H and O–H groups in total. The Bertz CT molecular complexity index is 1000. The van der Waals surface area contributed by atoms with Crippen LogP contribution in [0.4, 0.5) is 4.79 Å². The predicted octanol–water partition coefficient (Wildman–Crippen LogP) is 3.83. The van der Waals surface area contributed by atoms with Gasteiger partial charge < -0.3 is 19.7 Å². The minimum atomic E-state index is -0.425. The van der Waals surface area contributed by atoms with Crippen LogP contribution in [0.15, 0.2) is 59.7 Å². The molecule has 0 fully saturated rings. The van der Waals surface area contributed by atoms with E-state index in [9.17, 15) is 9.59 Å². The summed E-state index contributed by atoms with van der Waals surface area (Å²) < 4.78 is 10.4. The van der Waals surface area contributed by atoms with Crippen LogP contribution < -0.4 is 10.1 Å². The number of urea groups is 1. The third-order valence-corrected chi connectivity index (χ3v) is 5.43. The van der Waals surface area contributed by atoms with Crippen molar-refractivity contribution in [3.05, 3.63) is 65.7 Å². The number of carbonyl (C=O) groups excluding carboxylic acids is 2. The average molecular weight is 467 g/mol. The van der Waals surface area contributed by atoms with Crippen molar-refractivity contribution in [3.8, 4) is 5.75 Å². The molecule has 0 aliphatic carbocycles. The third kappa shape index (κ3) is 6.57. The third-order valence-electron chi connectivity index (χ3n) is 5.43. The largest absolute Gasteiger partial charge is 0.497 e. The van der Waals surface area contributed by atoms with Crippen molar-refractivity contribution in [2.75, 3.05) is 33.9 Å². The highest BCUT2D eigenvalue weighted by Gasteiger charge is 2.34. The molecular weight excluding hydrogens is 432 g/mol. The molecule has 1 heterocycles. The van der Waals surface area contributed by atoms with Gasteiger partial charge in [0.2, 0.25) is 0 Å². The van der Waals surface area contributed by atoms with Gasteiger partial charge in [0.15, 0.2) is 0 Å². The van der Waals surface area contributed by atoms with Gasteiger partial charge in [-0.3, -0.25) is 4.79 Å². The molecule has 0 saturated heterocycles. The minimum Gasteiger partial charge on any atom is -0.497 e. The first-order chi connectivity index (χ1) is 16.2. The summed E-state index contributed by atoms with van der Waals surface area (Å²) in [5.41, 5.74) is 2.31. The maximum Gasteiger partial charge on any atom is 0.318 e. The number of hydrogen-bond donors (Lipinski definition) is 1. The minimum absolute atomic E-state index is 0.103. The Morgan fingerprint density at radius 1 is 1.09 bits per heavy atom. The smallest absolute Gasteiger partial charge is 0.318 e. The fourth-order valence-corrected chi connectivity index (χ4v) is 3.72. The molecule has 182 valence electrons. The molecule has 1 aliphatic heterocycles. The predicted molar refractivity (Wildman–Crippen MR) is 132 cm³/mol. The van der Waals surface area contributed by atoms with Crippen LogP contribution in [0.2, 0.25) is 0 Å². The number of ether oxygens (including phenoxy) is 2. The molecule has 1 atom stereocenters. The Labute approximate surface area is 201 Å². The van der Waals surface area contributed by atoms with E-state index in [1.54, 1.807) is 14.2 Å². The number of methoxy groups -OCH3 is 2. The summed E-state index contributed by atoms with van der Waals surface area (Å²) in [6.45, 7) is 6.22. The fourth-order valence-electron chi connectivity index (χ4n) is 3.72. The molecular formula is C26H34N4O4. The number of rotatable bonds is 8. The molecule has 3 amide bonds. The van der Waals surface area contributed by atoms with Gasteiger partial charge in [-0.25, -0.2) is 9.80 Å². The van der Waals surface area contributed by atoms with Crippen molar-refractivity contribution in [3.63, 3.8) is 0 Å². The van der Waals surface area contributed by atoms with Crippen LogP contribution in [0.1, 0.15) is 44.4 Å². The number of benzene rings is 2. The zero-order chi connectivity index (χ0) is 24.7. The number of carbonyl (C=O) groups is 2. The summed E-state index contributed by atoms with van der Waals surface area (Å²) in [5, 5.41) is 9.15. The van der Waals surface area contributed by atoms with Gasteiger partial charge in [0, 0.05) is 25.6 Å². The quantitative estimate of drug-likeness (QED) is 0.641. The molecule has 8 nitrogen and oxygen atoms in total. The Balaban J connectivity index is 1.86. The van der Waals surface area contributed by atoms with E-state index in [-0.39, 0.29) is 24.5 Å². The molecule has 0 bridgehead atoms. The molecule has 0 saturated carbocycles. The lowest BCUT2D eigenvalue weighted by atomic mass is 9.98. The molecule has 2 aromatic rings.